The number of aryl methyl sites for hydroxylation is 1. The van der Waals surface area contributed by atoms with Crippen molar-refractivity contribution in [2.45, 2.75) is 26.2 Å². The molecule has 2 rings (SSSR count). The Morgan fingerprint density at radius 2 is 1.70 bits per heavy atom. The van der Waals surface area contributed by atoms with Crippen LogP contribution in [-0.2, 0) is 11.2 Å². The summed E-state index contributed by atoms with van der Waals surface area (Å²) in [5.74, 6) is -0.834. The van der Waals surface area contributed by atoms with Crippen molar-refractivity contribution in [3.63, 3.8) is 0 Å². The second-order valence-electron chi connectivity index (χ2n) is 5.82. The van der Waals surface area contributed by atoms with Gasteiger partial charge in [-0.25, -0.2) is 0 Å². The van der Waals surface area contributed by atoms with Crippen LogP contribution in [0.15, 0.2) is 42.5 Å². The van der Waals surface area contributed by atoms with Gasteiger partial charge in [-0.1, -0.05) is 42.8 Å². The zero-order valence-corrected chi connectivity index (χ0v) is 15.9. The standard InChI is InChI=1S/C20H21ClN2O4/c1-3-13-4-6-14(7-5-13)17(24)9-11-19(25)22-23-20(26)16-12-15(21)8-10-18(16)27-2/h4-8,10,12H,3,9,11H2,1-2H3,(H,22,25)(H,23,26). The summed E-state index contributed by atoms with van der Waals surface area (Å²) in [5, 5.41) is 0.368. The number of ether oxygens (including phenoxy) is 1. The van der Waals surface area contributed by atoms with Gasteiger partial charge in [0, 0.05) is 23.4 Å². The summed E-state index contributed by atoms with van der Waals surface area (Å²) in [6, 6.07) is 11.9. The number of hydrogen-bond acceptors (Lipinski definition) is 4. The Balaban J connectivity index is 1.84. The minimum atomic E-state index is -0.566. The van der Waals surface area contributed by atoms with E-state index in [1.807, 2.05) is 19.1 Å². The van der Waals surface area contributed by atoms with Gasteiger partial charge in [-0.05, 0) is 30.2 Å². The van der Waals surface area contributed by atoms with Gasteiger partial charge < -0.3 is 4.74 Å². The molecule has 0 radical (unpaired) electrons. The number of carbonyl (C=O) groups excluding carboxylic acids is 3. The molecule has 6 nitrogen and oxygen atoms in total. The van der Waals surface area contributed by atoms with E-state index in [0.29, 0.717) is 16.3 Å². The van der Waals surface area contributed by atoms with Crippen molar-refractivity contribution in [1.29, 1.82) is 0 Å². The van der Waals surface area contributed by atoms with Crippen LogP contribution in [-0.4, -0.2) is 24.7 Å². The monoisotopic (exact) mass is 388 g/mol. The van der Waals surface area contributed by atoms with E-state index in [-0.39, 0.29) is 24.2 Å². The van der Waals surface area contributed by atoms with E-state index in [9.17, 15) is 14.4 Å². The largest absolute Gasteiger partial charge is 0.496 e. The van der Waals surface area contributed by atoms with Crippen molar-refractivity contribution < 1.29 is 19.1 Å². The van der Waals surface area contributed by atoms with Gasteiger partial charge in [0.05, 0.1) is 12.7 Å². The Labute approximate surface area is 162 Å². The lowest BCUT2D eigenvalue weighted by Gasteiger charge is -2.10. The summed E-state index contributed by atoms with van der Waals surface area (Å²) in [7, 11) is 1.43. The molecule has 2 amide bonds. The van der Waals surface area contributed by atoms with Crippen molar-refractivity contribution in [1.82, 2.24) is 10.9 Å². The predicted molar refractivity (Wildman–Crippen MR) is 103 cm³/mol. The first-order valence-corrected chi connectivity index (χ1v) is 8.87. The normalized spacial score (nSPS) is 10.2. The molecule has 0 bridgehead atoms. The van der Waals surface area contributed by atoms with Crippen LogP contribution in [0.3, 0.4) is 0 Å². The first-order chi connectivity index (χ1) is 12.9. The number of halogens is 1. The number of hydrazine groups is 1. The van der Waals surface area contributed by atoms with E-state index in [4.69, 9.17) is 16.3 Å². The van der Waals surface area contributed by atoms with Crippen LogP contribution in [0.1, 0.15) is 46.0 Å². The number of benzene rings is 2. The third-order valence-electron chi connectivity index (χ3n) is 3.98. The minimum Gasteiger partial charge on any atom is -0.496 e. The highest BCUT2D eigenvalue weighted by molar-refractivity contribution is 6.31. The Morgan fingerprint density at radius 3 is 2.33 bits per heavy atom. The lowest BCUT2D eigenvalue weighted by molar-refractivity contribution is -0.121. The van der Waals surface area contributed by atoms with Gasteiger partial charge in [0.1, 0.15) is 5.75 Å². The van der Waals surface area contributed by atoms with Crippen molar-refractivity contribution in [2.75, 3.05) is 7.11 Å². The Morgan fingerprint density at radius 1 is 1.00 bits per heavy atom. The molecule has 2 N–H and O–H groups in total. The lowest BCUT2D eigenvalue weighted by Crippen LogP contribution is -2.41. The highest BCUT2D eigenvalue weighted by Gasteiger charge is 2.14. The van der Waals surface area contributed by atoms with Crippen molar-refractivity contribution in [3.05, 3.63) is 64.2 Å². The van der Waals surface area contributed by atoms with E-state index < -0.39 is 11.8 Å². The Bertz CT molecular complexity index is 834. The van der Waals surface area contributed by atoms with Crippen molar-refractivity contribution in [2.24, 2.45) is 0 Å². The van der Waals surface area contributed by atoms with E-state index in [2.05, 4.69) is 10.9 Å². The van der Waals surface area contributed by atoms with Crippen LogP contribution in [0.25, 0.3) is 0 Å². The van der Waals surface area contributed by atoms with E-state index in [1.165, 1.54) is 13.2 Å². The molecule has 0 heterocycles. The Kier molecular flexibility index (Phi) is 7.37. The third-order valence-corrected chi connectivity index (χ3v) is 4.22. The fraction of sp³-hybridized carbons (Fsp3) is 0.250. The van der Waals surface area contributed by atoms with Crippen LogP contribution in [0, 0.1) is 0 Å². The van der Waals surface area contributed by atoms with Gasteiger partial charge in [0.15, 0.2) is 5.78 Å². The molecule has 2 aromatic rings. The summed E-state index contributed by atoms with van der Waals surface area (Å²) in [5.41, 5.74) is 6.48. The van der Waals surface area contributed by atoms with Crippen LogP contribution in [0.4, 0.5) is 0 Å². The first-order valence-electron chi connectivity index (χ1n) is 8.49. The fourth-order valence-electron chi connectivity index (χ4n) is 2.41. The predicted octanol–water partition coefficient (Wildman–Crippen LogP) is 3.34. The average molecular weight is 389 g/mol. The summed E-state index contributed by atoms with van der Waals surface area (Å²) in [4.78, 5) is 36.2. The average Bonchev–Trinajstić information content (AvgIpc) is 2.70. The molecule has 0 atom stereocenters. The third kappa shape index (κ3) is 5.82. The van der Waals surface area contributed by atoms with Gasteiger partial charge in [0.25, 0.3) is 5.91 Å². The number of Topliss-reactive ketones (excluding diaryl/α,β-unsaturated/α-hetero) is 1. The van der Waals surface area contributed by atoms with Gasteiger partial charge in [-0.3, -0.25) is 25.2 Å². The second-order valence-corrected chi connectivity index (χ2v) is 6.26. The maximum absolute atomic E-state index is 12.2. The van der Waals surface area contributed by atoms with Crippen LogP contribution in [0.5, 0.6) is 5.75 Å². The molecular weight excluding hydrogens is 368 g/mol. The van der Waals surface area contributed by atoms with Gasteiger partial charge in [-0.15, -0.1) is 0 Å². The highest BCUT2D eigenvalue weighted by Crippen LogP contribution is 2.22. The van der Waals surface area contributed by atoms with Crippen molar-refractivity contribution >= 4 is 29.2 Å². The minimum absolute atomic E-state index is 0.0404. The number of rotatable bonds is 7. The Hall–Kier alpha value is -2.86. The summed E-state index contributed by atoms with van der Waals surface area (Å²) < 4.78 is 5.10. The fourth-order valence-corrected chi connectivity index (χ4v) is 2.58. The molecule has 142 valence electrons. The number of hydrogen-bond donors (Lipinski definition) is 2. The molecule has 0 aliphatic carbocycles. The molecule has 0 unspecified atom stereocenters. The highest BCUT2D eigenvalue weighted by atomic mass is 35.5. The smallest absolute Gasteiger partial charge is 0.273 e. The van der Waals surface area contributed by atoms with Crippen LogP contribution < -0.4 is 15.6 Å². The van der Waals surface area contributed by atoms with E-state index in [1.54, 1.807) is 24.3 Å². The van der Waals surface area contributed by atoms with Gasteiger partial charge in [-0.2, -0.15) is 0 Å². The molecule has 0 aliphatic heterocycles. The molecule has 0 aromatic heterocycles. The zero-order valence-electron chi connectivity index (χ0n) is 15.2. The first kappa shape index (κ1) is 20.5. The van der Waals surface area contributed by atoms with Crippen LogP contribution >= 0.6 is 11.6 Å². The van der Waals surface area contributed by atoms with Crippen molar-refractivity contribution in [3.8, 4) is 5.75 Å². The number of nitrogens with one attached hydrogen (secondary N) is 2. The molecule has 0 saturated carbocycles. The molecule has 2 aromatic carbocycles. The lowest BCUT2D eigenvalue weighted by atomic mass is 10.0. The van der Waals surface area contributed by atoms with Gasteiger partial charge in [0.2, 0.25) is 5.91 Å². The number of amides is 2. The summed E-state index contributed by atoms with van der Waals surface area (Å²) in [6.45, 7) is 2.04. The molecule has 0 saturated heterocycles. The molecule has 0 fully saturated rings. The van der Waals surface area contributed by atoms with Gasteiger partial charge >= 0.3 is 0 Å². The number of methoxy groups -OCH3 is 1. The number of ketones is 1. The summed E-state index contributed by atoms with van der Waals surface area (Å²) in [6.07, 6.45) is 0.906. The second kappa shape index (κ2) is 9.73. The number of carbonyl (C=O) groups is 3. The zero-order chi connectivity index (χ0) is 19.8. The topological polar surface area (TPSA) is 84.5 Å². The van der Waals surface area contributed by atoms with E-state index >= 15 is 0 Å². The van der Waals surface area contributed by atoms with Crippen LogP contribution in [0.2, 0.25) is 5.02 Å². The molecule has 7 heteroatoms. The molecule has 0 aliphatic rings. The maximum atomic E-state index is 12.2. The SMILES string of the molecule is CCc1ccc(C(=O)CCC(=O)NNC(=O)c2cc(Cl)ccc2OC)cc1. The molecule has 0 spiro atoms. The van der Waals surface area contributed by atoms with E-state index in [0.717, 1.165) is 12.0 Å². The summed E-state index contributed by atoms with van der Waals surface area (Å²) >= 11 is 5.88. The molecular formula is C20H21ClN2O4. The molecule has 27 heavy (non-hydrogen) atoms. The maximum Gasteiger partial charge on any atom is 0.273 e. The quantitative estimate of drug-likeness (QED) is 0.562.